The van der Waals surface area contributed by atoms with Gasteiger partial charge in [-0.25, -0.2) is 0 Å². The molecule has 1 heterocycles. The van der Waals surface area contributed by atoms with E-state index in [9.17, 15) is 14.4 Å². The summed E-state index contributed by atoms with van der Waals surface area (Å²) in [5.41, 5.74) is 6.09. The van der Waals surface area contributed by atoms with Gasteiger partial charge in [-0.05, 0) is 49.9 Å². The van der Waals surface area contributed by atoms with Crippen molar-refractivity contribution in [2.75, 3.05) is 11.4 Å². The molecule has 1 aliphatic heterocycles. The van der Waals surface area contributed by atoms with E-state index >= 15 is 0 Å². The van der Waals surface area contributed by atoms with Crippen LogP contribution in [0.25, 0.3) is 0 Å². The SMILES string of the molecule is O=C(NNC(=O)C1CC1)c1ccc(N2CCCCC2=O)cc1. The average Bonchev–Trinajstić information content (AvgIpc) is 3.38. The summed E-state index contributed by atoms with van der Waals surface area (Å²) < 4.78 is 0. The Morgan fingerprint density at radius 2 is 1.77 bits per heavy atom. The van der Waals surface area contributed by atoms with Crippen LogP contribution in [0.3, 0.4) is 0 Å². The first kappa shape index (κ1) is 14.6. The summed E-state index contributed by atoms with van der Waals surface area (Å²) in [5, 5.41) is 0. The molecule has 6 nitrogen and oxygen atoms in total. The number of carbonyl (C=O) groups is 3. The lowest BCUT2D eigenvalue weighted by Crippen LogP contribution is -2.42. The minimum absolute atomic E-state index is 0.0489. The van der Waals surface area contributed by atoms with Gasteiger partial charge in [0.15, 0.2) is 0 Å². The molecule has 22 heavy (non-hydrogen) atoms. The number of hydrazine groups is 1. The van der Waals surface area contributed by atoms with Gasteiger partial charge in [-0.3, -0.25) is 25.2 Å². The molecule has 0 atom stereocenters. The fourth-order valence-corrected chi connectivity index (χ4v) is 2.51. The maximum atomic E-state index is 11.9. The van der Waals surface area contributed by atoms with E-state index in [-0.39, 0.29) is 23.6 Å². The second kappa shape index (κ2) is 6.17. The molecule has 3 rings (SSSR count). The minimum atomic E-state index is -0.356. The molecule has 1 aliphatic carbocycles. The van der Waals surface area contributed by atoms with Crippen LogP contribution < -0.4 is 15.8 Å². The second-order valence-corrected chi connectivity index (χ2v) is 5.77. The van der Waals surface area contributed by atoms with Crippen molar-refractivity contribution in [2.45, 2.75) is 32.1 Å². The summed E-state index contributed by atoms with van der Waals surface area (Å²) in [4.78, 5) is 37.0. The van der Waals surface area contributed by atoms with Crippen LogP contribution in [0.4, 0.5) is 5.69 Å². The van der Waals surface area contributed by atoms with E-state index in [0.717, 1.165) is 37.9 Å². The van der Waals surface area contributed by atoms with Gasteiger partial charge in [0, 0.05) is 30.1 Å². The first-order chi connectivity index (χ1) is 10.6. The molecule has 1 aromatic rings. The van der Waals surface area contributed by atoms with Gasteiger partial charge in [-0.15, -0.1) is 0 Å². The van der Waals surface area contributed by atoms with Gasteiger partial charge in [0.25, 0.3) is 5.91 Å². The third-order valence-corrected chi connectivity index (χ3v) is 4.01. The van der Waals surface area contributed by atoms with Crippen molar-refractivity contribution in [1.82, 2.24) is 10.9 Å². The summed E-state index contributed by atoms with van der Waals surface area (Å²) in [6.45, 7) is 0.724. The van der Waals surface area contributed by atoms with Crippen molar-refractivity contribution in [2.24, 2.45) is 5.92 Å². The maximum absolute atomic E-state index is 11.9. The van der Waals surface area contributed by atoms with Crippen LogP contribution in [-0.4, -0.2) is 24.3 Å². The normalized spacial score (nSPS) is 18.0. The molecular formula is C16H19N3O3. The van der Waals surface area contributed by atoms with E-state index in [2.05, 4.69) is 10.9 Å². The molecule has 2 N–H and O–H groups in total. The minimum Gasteiger partial charge on any atom is -0.312 e. The molecule has 0 aromatic heterocycles. The number of piperidine rings is 1. The zero-order chi connectivity index (χ0) is 15.5. The smallest absolute Gasteiger partial charge is 0.269 e. The molecule has 0 bridgehead atoms. The highest BCUT2D eigenvalue weighted by atomic mass is 16.2. The Morgan fingerprint density at radius 3 is 2.41 bits per heavy atom. The molecule has 0 unspecified atom stereocenters. The monoisotopic (exact) mass is 301 g/mol. The number of nitrogens with one attached hydrogen (secondary N) is 2. The van der Waals surface area contributed by atoms with Crippen LogP contribution in [0.15, 0.2) is 24.3 Å². The highest BCUT2D eigenvalue weighted by molar-refractivity contribution is 5.97. The number of benzene rings is 1. The number of hydrogen-bond donors (Lipinski definition) is 2. The van der Waals surface area contributed by atoms with Gasteiger partial charge in [-0.2, -0.15) is 0 Å². The largest absolute Gasteiger partial charge is 0.312 e. The molecule has 0 spiro atoms. The number of hydrogen-bond acceptors (Lipinski definition) is 3. The fourth-order valence-electron chi connectivity index (χ4n) is 2.51. The Kier molecular flexibility index (Phi) is 4.09. The van der Waals surface area contributed by atoms with E-state index in [1.54, 1.807) is 29.2 Å². The zero-order valence-corrected chi connectivity index (χ0v) is 12.3. The van der Waals surface area contributed by atoms with Gasteiger partial charge < -0.3 is 4.90 Å². The van der Waals surface area contributed by atoms with Gasteiger partial charge in [0.05, 0.1) is 0 Å². The van der Waals surface area contributed by atoms with Gasteiger partial charge >= 0.3 is 0 Å². The molecule has 1 saturated carbocycles. The molecule has 2 aliphatic rings. The van der Waals surface area contributed by atoms with Crippen LogP contribution in [0.1, 0.15) is 42.5 Å². The molecule has 1 aromatic carbocycles. The molecular weight excluding hydrogens is 282 g/mol. The summed E-state index contributed by atoms with van der Waals surface area (Å²) in [5.74, 6) is -0.317. The zero-order valence-electron chi connectivity index (χ0n) is 12.3. The van der Waals surface area contributed by atoms with Crippen molar-refractivity contribution in [3.05, 3.63) is 29.8 Å². The van der Waals surface area contributed by atoms with Crippen LogP contribution in [0, 0.1) is 5.92 Å². The number of amides is 3. The summed E-state index contributed by atoms with van der Waals surface area (Å²) in [6.07, 6.45) is 4.30. The number of rotatable bonds is 3. The summed E-state index contributed by atoms with van der Waals surface area (Å²) >= 11 is 0. The molecule has 0 radical (unpaired) electrons. The van der Waals surface area contributed by atoms with Gasteiger partial charge in [0.2, 0.25) is 11.8 Å². The first-order valence-corrected chi connectivity index (χ1v) is 7.66. The van der Waals surface area contributed by atoms with E-state index in [4.69, 9.17) is 0 Å². The Labute approximate surface area is 128 Å². The molecule has 2 fully saturated rings. The molecule has 3 amide bonds. The molecule has 6 heteroatoms. The number of carbonyl (C=O) groups excluding carboxylic acids is 3. The predicted molar refractivity (Wildman–Crippen MR) is 81.0 cm³/mol. The number of nitrogens with zero attached hydrogens (tertiary/aromatic N) is 1. The van der Waals surface area contributed by atoms with Crippen LogP contribution in [0.5, 0.6) is 0 Å². The standard InChI is InChI=1S/C16H19N3O3/c20-14-3-1-2-10-19(14)13-8-6-12(7-9-13)16(22)18-17-15(21)11-4-5-11/h6-9,11H,1-5,10H2,(H,17,21)(H,18,22). The lowest BCUT2D eigenvalue weighted by atomic mass is 10.1. The lowest BCUT2D eigenvalue weighted by molar-refractivity contribution is -0.123. The Bertz CT molecular complexity index is 593. The van der Waals surface area contributed by atoms with E-state index in [1.165, 1.54) is 0 Å². The van der Waals surface area contributed by atoms with Gasteiger partial charge in [-0.1, -0.05) is 0 Å². The Hall–Kier alpha value is -2.37. The summed E-state index contributed by atoms with van der Waals surface area (Å²) in [7, 11) is 0. The van der Waals surface area contributed by atoms with Crippen molar-refractivity contribution in [3.63, 3.8) is 0 Å². The Balaban J connectivity index is 1.59. The van der Waals surface area contributed by atoms with Crippen LogP contribution >= 0.6 is 0 Å². The van der Waals surface area contributed by atoms with Crippen molar-refractivity contribution in [3.8, 4) is 0 Å². The number of anilines is 1. The molecule has 116 valence electrons. The van der Waals surface area contributed by atoms with Gasteiger partial charge in [0.1, 0.15) is 0 Å². The van der Waals surface area contributed by atoms with Crippen molar-refractivity contribution < 1.29 is 14.4 Å². The highest BCUT2D eigenvalue weighted by Crippen LogP contribution is 2.28. The van der Waals surface area contributed by atoms with Crippen LogP contribution in [0.2, 0.25) is 0 Å². The van der Waals surface area contributed by atoms with Crippen LogP contribution in [-0.2, 0) is 9.59 Å². The topological polar surface area (TPSA) is 78.5 Å². The first-order valence-electron chi connectivity index (χ1n) is 7.66. The second-order valence-electron chi connectivity index (χ2n) is 5.77. The van der Waals surface area contributed by atoms with E-state index < -0.39 is 0 Å². The quantitative estimate of drug-likeness (QED) is 0.828. The summed E-state index contributed by atoms with van der Waals surface area (Å²) in [6, 6.07) is 6.85. The van der Waals surface area contributed by atoms with E-state index in [1.807, 2.05) is 0 Å². The van der Waals surface area contributed by atoms with E-state index in [0.29, 0.717) is 12.0 Å². The van der Waals surface area contributed by atoms with Crippen molar-refractivity contribution in [1.29, 1.82) is 0 Å². The molecule has 1 saturated heterocycles. The third kappa shape index (κ3) is 3.27. The maximum Gasteiger partial charge on any atom is 0.269 e. The fraction of sp³-hybridized carbons (Fsp3) is 0.438. The average molecular weight is 301 g/mol. The third-order valence-electron chi connectivity index (χ3n) is 4.01. The lowest BCUT2D eigenvalue weighted by Gasteiger charge is -2.26. The highest BCUT2D eigenvalue weighted by Gasteiger charge is 2.29. The van der Waals surface area contributed by atoms with Crippen molar-refractivity contribution >= 4 is 23.4 Å². The Morgan fingerprint density at radius 1 is 1.05 bits per heavy atom. The predicted octanol–water partition coefficient (Wildman–Crippen LogP) is 1.37.